The zero-order valence-corrected chi connectivity index (χ0v) is 71.6. The number of rotatable bonds is 17. The molecule has 5 fully saturated rings. The van der Waals surface area contributed by atoms with Gasteiger partial charge in [-0.05, 0) is 175 Å². The lowest BCUT2D eigenvalue weighted by atomic mass is 10.1. The average molecular weight is 2040 g/mol. The summed E-state index contributed by atoms with van der Waals surface area (Å²) in [6.45, 7) is 17.4. The number of terminal acetylenes is 1. The Balaban J connectivity index is 0.000000186. The lowest BCUT2D eigenvalue weighted by molar-refractivity contribution is -0.151. The number of aromatic nitrogens is 8. The molecule has 14 rings (SSSR count). The predicted molar refractivity (Wildman–Crippen MR) is 427 cm³/mol. The first kappa shape index (κ1) is 94.2. The third-order valence-corrected chi connectivity index (χ3v) is 23.3. The summed E-state index contributed by atoms with van der Waals surface area (Å²) in [6.07, 6.45) is 12.6. The van der Waals surface area contributed by atoms with E-state index in [4.69, 9.17) is 21.6 Å². The third-order valence-electron chi connectivity index (χ3n) is 16.6. The van der Waals surface area contributed by atoms with Crippen LogP contribution < -0.4 is 11.1 Å². The number of aromatic amines is 1. The number of H-pyrrole nitrogens is 1. The van der Waals surface area contributed by atoms with Crippen LogP contribution in [0.3, 0.4) is 0 Å². The van der Waals surface area contributed by atoms with Crippen LogP contribution in [0, 0.1) is 54.4 Å². The highest BCUT2D eigenvalue weighted by molar-refractivity contribution is 14.1. The van der Waals surface area contributed by atoms with Crippen LogP contribution >= 0.6 is 67.8 Å². The van der Waals surface area contributed by atoms with E-state index in [2.05, 4.69) is 62.2 Å². The normalized spacial score (nSPS) is 18.6. The number of hydrogen-bond donors (Lipinski definition) is 3. The van der Waals surface area contributed by atoms with Crippen LogP contribution in [0.15, 0.2) is 139 Å². The van der Waals surface area contributed by atoms with Crippen LogP contribution in [0.5, 0.6) is 0 Å². The SMILES string of the molecule is C#Cc1nn([C@H]2C[C@H](COC)N(C(=O)C=C)C2)c(NC)c1C(N)=O.C1CCOC1.C=COS(=O)(=O)c1ccc(C)cc1.C[Si](C)(C)OC(=O)C(F)(F)S(=O)(=O)F.Cc1ccc(S(=O)(=O)OC2CC2(F)F)cc1.Fc1cc2[nH]cnc2cc1I.Fc1cc2c(cc1I)ncn2[C@@H]1CC1(F)F.Fc1cc2c(cc1I)ncn2[C@H]1CC1(F)F. The fourth-order valence-electron chi connectivity index (χ4n) is 10.6. The first-order chi connectivity index (χ1) is 53.5. The van der Waals surface area contributed by atoms with Crippen LogP contribution in [0.4, 0.5) is 58.0 Å². The number of nitrogens with two attached hydrogens (primary N) is 1. The van der Waals surface area contributed by atoms with Gasteiger partial charge < -0.3 is 48.2 Å². The van der Waals surface area contributed by atoms with E-state index in [9.17, 15) is 91.8 Å². The zero-order valence-electron chi connectivity index (χ0n) is 61.7. The number of nitrogens with one attached hydrogen (secondary N) is 2. The second-order valence-electron chi connectivity index (χ2n) is 26.6. The van der Waals surface area contributed by atoms with Gasteiger partial charge in [0.15, 0.2) is 0 Å². The van der Waals surface area contributed by atoms with Crippen molar-refractivity contribution in [2.75, 3.05) is 45.8 Å². The second-order valence-corrected chi connectivity index (χ2v) is 39.0. The number of anilines is 1. The summed E-state index contributed by atoms with van der Waals surface area (Å²) in [5.41, 5.74) is 11.2. The Bertz CT molecular complexity index is 5280. The molecule has 3 aliphatic carbocycles. The molecule has 5 aliphatic rings. The Labute approximate surface area is 694 Å². The highest BCUT2D eigenvalue weighted by Crippen LogP contribution is 2.54. The molecule has 25 nitrogen and oxygen atoms in total. The number of benzene rings is 5. The van der Waals surface area contributed by atoms with E-state index in [1.54, 1.807) is 79.5 Å². The van der Waals surface area contributed by atoms with Crippen molar-refractivity contribution < 1.29 is 114 Å². The van der Waals surface area contributed by atoms with Crippen LogP contribution in [-0.4, -0.2) is 171 Å². The molecule has 624 valence electrons. The molecule has 0 radical (unpaired) electrons. The Hall–Kier alpha value is -7.93. The summed E-state index contributed by atoms with van der Waals surface area (Å²) in [5, 5.41) is 2.14. The van der Waals surface area contributed by atoms with Crippen molar-refractivity contribution in [3.05, 3.63) is 180 Å². The van der Waals surface area contributed by atoms with Gasteiger partial charge >= 0.3 is 31.6 Å². The second kappa shape index (κ2) is 38.6. The molecule has 9 aromatic rings. The van der Waals surface area contributed by atoms with Gasteiger partial charge in [0.25, 0.3) is 33.8 Å². The number of likely N-dealkylation sites (tertiary alicyclic amines) is 1. The Morgan fingerprint density at radius 2 is 1.21 bits per heavy atom. The number of nitrogens with zero attached hydrogens (tertiary/aromatic N) is 8. The maximum atomic E-state index is 13.3. The first-order valence-electron chi connectivity index (χ1n) is 33.8. The maximum Gasteiger partial charge on any atom is 0.469 e. The molecule has 2 amide bonds. The van der Waals surface area contributed by atoms with Crippen molar-refractivity contribution in [1.82, 2.24) is 43.8 Å². The monoisotopic (exact) mass is 2040 g/mol. The fourth-order valence-corrected chi connectivity index (χ4v) is 14.8. The fraction of sp³-hybridized carbons (Fsp3) is 0.366. The molecule has 5 aromatic carbocycles. The van der Waals surface area contributed by atoms with Crippen molar-refractivity contribution in [3.8, 4) is 12.3 Å². The Morgan fingerprint density at radius 1 is 0.748 bits per heavy atom. The van der Waals surface area contributed by atoms with Crippen LogP contribution in [-0.2, 0) is 62.3 Å². The molecule has 6 heterocycles. The molecule has 3 saturated carbocycles. The molecule has 2 saturated heterocycles. The molecule has 115 heavy (non-hydrogen) atoms. The summed E-state index contributed by atoms with van der Waals surface area (Å²) >= 11 is 5.64. The Kier molecular flexibility index (Phi) is 31.7. The number of ether oxygens (including phenoxy) is 2. The van der Waals surface area contributed by atoms with E-state index >= 15 is 0 Å². The van der Waals surface area contributed by atoms with Crippen molar-refractivity contribution in [2.24, 2.45) is 5.73 Å². The molecule has 1 unspecified atom stereocenters. The van der Waals surface area contributed by atoms with Crippen LogP contribution in [0.1, 0.15) is 83.8 Å². The van der Waals surface area contributed by atoms with E-state index in [-0.39, 0.29) is 57.7 Å². The van der Waals surface area contributed by atoms with Crippen LogP contribution in [0.2, 0.25) is 19.6 Å². The lowest BCUT2D eigenvalue weighted by Gasteiger charge is -2.22. The number of amides is 2. The summed E-state index contributed by atoms with van der Waals surface area (Å²) < 4.78 is 247. The van der Waals surface area contributed by atoms with E-state index in [0.29, 0.717) is 58.2 Å². The molecule has 2 aliphatic heterocycles. The van der Waals surface area contributed by atoms with Gasteiger partial charge in [0, 0.05) is 71.4 Å². The zero-order chi connectivity index (χ0) is 85.9. The van der Waals surface area contributed by atoms with Gasteiger partial charge in [0.05, 0.1) is 92.6 Å². The molecule has 5 atom stereocenters. The first-order valence-corrected chi connectivity index (χ1v) is 44.6. The van der Waals surface area contributed by atoms with Gasteiger partial charge in [-0.3, -0.25) is 13.8 Å². The number of imidazole rings is 3. The smallest absolute Gasteiger partial charge is 0.469 e. The van der Waals surface area contributed by atoms with E-state index in [0.717, 1.165) is 41.6 Å². The highest BCUT2D eigenvalue weighted by Gasteiger charge is 2.61. The van der Waals surface area contributed by atoms with E-state index < -0.39 is 110 Å². The number of hydrogen-bond acceptors (Lipinski definition) is 19. The number of aryl methyl sites for hydroxylation is 2. The minimum Gasteiger partial charge on any atom is -0.515 e. The van der Waals surface area contributed by atoms with Gasteiger partial charge in [0.2, 0.25) is 14.2 Å². The average Bonchev–Trinajstić information content (AvgIpc) is 1.58. The molecule has 4 N–H and O–H groups in total. The van der Waals surface area contributed by atoms with Crippen molar-refractivity contribution >= 4 is 163 Å². The highest BCUT2D eigenvalue weighted by atomic mass is 127. The Morgan fingerprint density at radius 3 is 1.59 bits per heavy atom. The lowest BCUT2D eigenvalue weighted by Crippen LogP contribution is -2.42. The van der Waals surface area contributed by atoms with E-state index in [1.165, 1.54) is 103 Å². The maximum absolute atomic E-state index is 13.3. The summed E-state index contributed by atoms with van der Waals surface area (Å²) in [6, 6.07) is 19.1. The van der Waals surface area contributed by atoms with Crippen molar-refractivity contribution in [3.63, 3.8) is 0 Å². The van der Waals surface area contributed by atoms with Crippen molar-refractivity contribution in [2.45, 2.75) is 135 Å². The topological polar surface area (TPSA) is 323 Å². The number of carbonyl (C=O) groups is 3. The van der Waals surface area contributed by atoms with Gasteiger partial charge in [-0.2, -0.15) is 39.1 Å². The number of primary amides is 1. The number of alkyl halides is 8. The number of methoxy groups -OCH3 is 1. The summed E-state index contributed by atoms with van der Waals surface area (Å²) in [5.74, 6) is -9.72. The largest absolute Gasteiger partial charge is 0.515 e. The van der Waals surface area contributed by atoms with Gasteiger partial charge in [0.1, 0.15) is 57.6 Å². The van der Waals surface area contributed by atoms with Gasteiger partial charge in [-0.25, -0.2) is 63.9 Å². The van der Waals surface area contributed by atoms with E-state index in [1.807, 2.05) is 74.7 Å². The molecular formula is C71H74F12I3N11O14S3Si. The number of halogens is 15. The molecule has 0 spiro atoms. The van der Waals surface area contributed by atoms with Gasteiger partial charge in [-0.1, -0.05) is 52.4 Å². The quantitative estimate of drug-likeness (QED) is 0.0111. The number of carbonyl (C=O) groups excluding carboxylic acids is 3. The summed E-state index contributed by atoms with van der Waals surface area (Å²) in [4.78, 5) is 50.9. The molecule has 44 heteroatoms. The third kappa shape index (κ3) is 25.1. The predicted octanol–water partition coefficient (Wildman–Crippen LogP) is 15.0. The minimum atomic E-state index is -6.26. The molecular weight excluding hydrogens is 1960 g/mol. The van der Waals surface area contributed by atoms with Crippen molar-refractivity contribution in [1.29, 1.82) is 0 Å². The summed E-state index contributed by atoms with van der Waals surface area (Å²) in [7, 11) is -13.4. The van der Waals surface area contributed by atoms with Gasteiger partial charge in [-0.15, -0.1) is 6.42 Å². The number of fused-ring (bicyclic) bond motifs is 3. The molecule has 0 bridgehead atoms. The standard InChI is InChI=1S/C16H21N5O3.2C10H6F3IN2.C10H10F2O3S.C9H10O3S.C7H4FIN2.C5H9F3O4SSi.C4H8O/c1-5-12-14(15(17)23)16(18-3)21(19-12)10-7-11(9-24-4)20(8-10)13(22)6-2;2*11-5-1-8-7(2-6(5)14)15-4-16(8)9-3-10(9,12)13;1-7-2-4-8(5-3-7)16(13,14)15-9-6-10(9,11)12;1-3-12-13(10,11)9-6-4-8(2)5-7-9;8-4-1-6-7(2-5(4)9)11-3-10-6;1-14(2,3)12-4(9)5(6,7)13(8,10)11;1-2-4-5-3-1/h1,6,10-11,18H,2,7-9H2,3-4H3,(H2,17,23);2*1-2,4,9H,3H2;2-5,9H,6H2,1H3;3-7H,1H2,2H3;1-3H,(H,10,11);1-3H3;1-4H2/t10-,11+;2*9-;;;;;/m010...../s1. The molecule has 4 aromatic heterocycles. The van der Waals surface area contributed by atoms with Crippen LogP contribution in [0.25, 0.3) is 33.1 Å². The minimum absolute atomic E-state index is 0.0965.